The molecule has 7 aliphatic rings. The molecule has 0 radical (unpaired) electrons. The second-order valence-corrected chi connectivity index (χ2v) is 21.9. The number of anilines is 1. The van der Waals surface area contributed by atoms with Gasteiger partial charge in [-0.25, -0.2) is 4.79 Å². The summed E-state index contributed by atoms with van der Waals surface area (Å²) in [6, 6.07) is 17.9. The van der Waals surface area contributed by atoms with Crippen LogP contribution in [0.1, 0.15) is 87.1 Å². The first-order chi connectivity index (χ1) is 30.0. The van der Waals surface area contributed by atoms with E-state index in [1.807, 2.05) is 12.1 Å². The summed E-state index contributed by atoms with van der Waals surface area (Å²) < 4.78 is 6.79. The second kappa shape index (κ2) is 15.6. The summed E-state index contributed by atoms with van der Waals surface area (Å²) in [7, 11) is -2.71. The van der Waals surface area contributed by atoms with Gasteiger partial charge in [0, 0.05) is 98.9 Å². The fourth-order valence-electron chi connectivity index (χ4n) is 11.1. The quantitative estimate of drug-likeness (QED) is 0.0992. The van der Waals surface area contributed by atoms with Crippen molar-refractivity contribution in [2.75, 3.05) is 44.6 Å². The Balaban J connectivity index is 1.16. The molecular weight excluding hydrogens is 805 g/mol. The predicted molar refractivity (Wildman–Crippen MR) is 231 cm³/mol. The molecule has 3 aromatic rings. The summed E-state index contributed by atoms with van der Waals surface area (Å²) in [5.41, 5.74) is 9.61. The number of aliphatic hydroxyl groups excluding tert-OH is 1. The highest BCUT2D eigenvalue weighted by Gasteiger charge is 2.59. The van der Waals surface area contributed by atoms with Crippen molar-refractivity contribution >= 4 is 59.6 Å². The maximum absolute atomic E-state index is 14.4. The summed E-state index contributed by atoms with van der Waals surface area (Å²) in [5.74, 6) is -2.50. The molecule has 3 fully saturated rings. The van der Waals surface area contributed by atoms with Crippen LogP contribution < -0.4 is 21.4 Å². The van der Waals surface area contributed by atoms with E-state index in [0.717, 1.165) is 103 Å². The topological polar surface area (TPSA) is 183 Å². The minimum atomic E-state index is -2.71. The molecule has 0 aliphatic carbocycles. The van der Waals surface area contributed by atoms with Gasteiger partial charge < -0.3 is 20.9 Å². The summed E-state index contributed by atoms with van der Waals surface area (Å²) in [4.78, 5) is 87.1. The molecular formula is C47H50N6O8Si. The van der Waals surface area contributed by atoms with Gasteiger partial charge in [-0.3, -0.25) is 43.6 Å². The molecule has 5 amide bonds. The molecule has 3 saturated heterocycles. The van der Waals surface area contributed by atoms with E-state index in [9.17, 15) is 33.9 Å². The molecule has 0 saturated carbocycles. The molecule has 4 N–H and O–H groups in total. The number of nitrogens with one attached hydrogen (secondary N) is 1. The number of aliphatic hydroxyl groups is 1. The van der Waals surface area contributed by atoms with Gasteiger partial charge in [0.15, 0.2) is 5.60 Å². The van der Waals surface area contributed by atoms with E-state index in [1.165, 1.54) is 34.1 Å². The number of hydrogen-bond donors (Lipinski definition) is 3. The number of primary amides is 1. The van der Waals surface area contributed by atoms with Crippen LogP contribution in [0.15, 0.2) is 72.8 Å². The average Bonchev–Trinajstić information content (AvgIpc) is 3.85. The molecule has 62 heavy (non-hydrogen) atoms. The number of nitrogens with zero attached hydrogens (tertiary/aromatic N) is 4. The molecule has 7 aliphatic heterocycles. The number of ether oxygens (including phenoxy) is 1. The largest absolute Gasteiger partial charge is 0.441 e. The van der Waals surface area contributed by atoms with Crippen molar-refractivity contribution in [3.63, 3.8) is 0 Å². The standard InChI is InChI=1S/C47H50N6O8Si/c48-45(59)32-27-35-31(28-36(32)49-15-4-20-54)46(60)61-47(35)33-9-7-29(25-39(50-16-5-17-50)52-41(55)11-12-42(52)56)23-37(33)62(21-2-1-3-22-62)38-24-30(8-10-34(38)47)26-40(51-18-6-19-51)53-43(57)13-14-44(53)58/h7-14,23-24,27-28,39-40,49,54H,1-6,15-22,25-26H2,(H2,48,59). The molecule has 2 unspecified atom stereocenters. The molecule has 320 valence electrons. The van der Waals surface area contributed by atoms with Gasteiger partial charge in [0.05, 0.1) is 23.5 Å². The zero-order valence-electron chi connectivity index (χ0n) is 34.6. The van der Waals surface area contributed by atoms with Crippen LogP contribution in [0.25, 0.3) is 0 Å². The van der Waals surface area contributed by atoms with Gasteiger partial charge in [0.1, 0.15) is 8.07 Å². The lowest BCUT2D eigenvalue weighted by Gasteiger charge is -2.49. The minimum Gasteiger partial charge on any atom is -0.441 e. The third-order valence-corrected chi connectivity index (χ3v) is 19.6. The highest BCUT2D eigenvalue weighted by Crippen LogP contribution is 2.52. The Labute approximate surface area is 360 Å². The Morgan fingerprint density at radius 3 is 1.68 bits per heavy atom. The van der Waals surface area contributed by atoms with Crippen molar-refractivity contribution in [2.24, 2.45) is 5.73 Å². The van der Waals surface area contributed by atoms with Crippen LogP contribution in [0.3, 0.4) is 0 Å². The second-order valence-electron chi connectivity index (χ2n) is 17.7. The molecule has 2 atom stereocenters. The number of fused-ring (bicyclic) bond motifs is 8. The van der Waals surface area contributed by atoms with E-state index in [4.69, 9.17) is 10.5 Å². The number of esters is 1. The lowest BCUT2D eigenvalue weighted by Crippen LogP contribution is -2.67. The van der Waals surface area contributed by atoms with E-state index in [0.29, 0.717) is 42.6 Å². The molecule has 2 spiro atoms. The first kappa shape index (κ1) is 40.3. The zero-order valence-corrected chi connectivity index (χ0v) is 35.6. The van der Waals surface area contributed by atoms with Crippen LogP contribution >= 0.6 is 0 Å². The number of benzene rings is 3. The maximum Gasteiger partial charge on any atom is 0.340 e. The Kier molecular flexibility index (Phi) is 10.1. The number of carbonyl (C=O) groups excluding carboxylic acids is 6. The maximum atomic E-state index is 14.4. The first-order valence-electron chi connectivity index (χ1n) is 22.0. The summed E-state index contributed by atoms with van der Waals surface area (Å²) in [6.45, 7) is 3.41. The number of amides is 5. The molecule has 10 rings (SSSR count). The van der Waals surface area contributed by atoms with Crippen LogP contribution in [0, 0.1) is 0 Å². The first-order valence-corrected chi connectivity index (χ1v) is 24.4. The van der Waals surface area contributed by atoms with E-state index in [1.54, 1.807) is 12.1 Å². The van der Waals surface area contributed by atoms with Gasteiger partial charge in [-0.2, -0.15) is 0 Å². The normalized spacial score (nSPS) is 23.3. The number of imide groups is 2. The van der Waals surface area contributed by atoms with Crippen molar-refractivity contribution in [3.8, 4) is 0 Å². The Hall–Kier alpha value is -5.74. The number of rotatable bonds is 13. The smallest absolute Gasteiger partial charge is 0.340 e. The number of nitrogens with two attached hydrogens (primary N) is 1. The summed E-state index contributed by atoms with van der Waals surface area (Å²) in [5, 5.41) is 14.9. The summed E-state index contributed by atoms with van der Waals surface area (Å²) >= 11 is 0. The van der Waals surface area contributed by atoms with Crippen molar-refractivity contribution < 1.29 is 38.6 Å². The Morgan fingerprint density at radius 1 is 0.710 bits per heavy atom. The average molecular weight is 855 g/mol. The lowest BCUT2D eigenvalue weighted by molar-refractivity contribution is -0.147. The van der Waals surface area contributed by atoms with E-state index >= 15 is 0 Å². The van der Waals surface area contributed by atoms with Crippen LogP contribution in [-0.4, -0.2) is 120 Å². The van der Waals surface area contributed by atoms with Crippen LogP contribution in [0.5, 0.6) is 0 Å². The van der Waals surface area contributed by atoms with Crippen LogP contribution in [-0.2, 0) is 42.4 Å². The van der Waals surface area contributed by atoms with Crippen molar-refractivity contribution in [2.45, 2.75) is 81.4 Å². The third-order valence-electron chi connectivity index (χ3n) is 14.3. The van der Waals surface area contributed by atoms with Crippen molar-refractivity contribution in [1.82, 2.24) is 19.6 Å². The van der Waals surface area contributed by atoms with Gasteiger partial charge in [-0.15, -0.1) is 0 Å². The fourth-order valence-corrected chi connectivity index (χ4v) is 16.9. The Bertz CT molecular complexity index is 2350. The van der Waals surface area contributed by atoms with Gasteiger partial charge in [-0.1, -0.05) is 55.7 Å². The molecule has 14 nitrogen and oxygen atoms in total. The van der Waals surface area contributed by atoms with Gasteiger partial charge >= 0.3 is 5.97 Å². The van der Waals surface area contributed by atoms with Gasteiger partial charge in [-0.05, 0) is 65.0 Å². The van der Waals surface area contributed by atoms with Crippen molar-refractivity contribution in [1.29, 1.82) is 0 Å². The number of hydrogen-bond acceptors (Lipinski definition) is 11. The monoisotopic (exact) mass is 854 g/mol. The van der Waals surface area contributed by atoms with E-state index in [2.05, 4.69) is 39.4 Å². The zero-order chi connectivity index (χ0) is 42.9. The predicted octanol–water partition coefficient (Wildman–Crippen LogP) is 2.10. The molecule has 15 heteroatoms. The molecule has 0 bridgehead atoms. The molecule has 7 heterocycles. The molecule has 3 aromatic carbocycles. The minimum absolute atomic E-state index is 0.0567. The number of likely N-dealkylation sites (tertiary alicyclic amines) is 2. The highest BCUT2D eigenvalue weighted by molar-refractivity contribution is 7.03. The number of carbonyl (C=O) groups is 6. The SMILES string of the molecule is NC(=O)c1cc2c(cc1NCCCO)C(=O)OC21c2ccc(CC(N3CCC3)N3C(=O)C=CC3=O)cc2[Si]2(CCCCC2)c2cc(CC(N3CCC3)N3C(=O)C=CC3=O)ccc21. The van der Waals surface area contributed by atoms with Crippen molar-refractivity contribution in [3.05, 3.63) is 112 Å². The van der Waals surface area contributed by atoms with E-state index in [-0.39, 0.29) is 35.8 Å². The molecule has 0 aromatic heterocycles. The summed E-state index contributed by atoms with van der Waals surface area (Å²) in [6.07, 6.45) is 10.8. The third kappa shape index (κ3) is 6.30. The van der Waals surface area contributed by atoms with Crippen LogP contribution in [0.2, 0.25) is 12.1 Å². The van der Waals surface area contributed by atoms with Gasteiger partial charge in [0.2, 0.25) is 0 Å². The highest BCUT2D eigenvalue weighted by atomic mass is 28.3. The van der Waals surface area contributed by atoms with Crippen LogP contribution in [0.4, 0.5) is 5.69 Å². The lowest BCUT2D eigenvalue weighted by atomic mass is 9.77. The van der Waals surface area contributed by atoms with E-state index < -0.39 is 37.9 Å². The fraction of sp³-hybridized carbons (Fsp3) is 0.404. The van der Waals surface area contributed by atoms with Gasteiger partial charge in [0.25, 0.3) is 29.5 Å². The Morgan fingerprint density at radius 2 is 1.23 bits per heavy atom.